The van der Waals surface area contributed by atoms with Crippen molar-refractivity contribution in [1.82, 2.24) is 0 Å². The molecule has 0 bridgehead atoms. The van der Waals surface area contributed by atoms with Gasteiger partial charge in [-0.2, -0.15) is 0 Å². The van der Waals surface area contributed by atoms with Crippen molar-refractivity contribution >= 4 is 15.8 Å². The Hall–Kier alpha value is 0.558. The predicted octanol–water partition coefficient (Wildman–Crippen LogP) is 2.08. The summed E-state index contributed by atoms with van der Waals surface area (Å²) in [5.41, 5.74) is 0. The summed E-state index contributed by atoms with van der Waals surface area (Å²) >= 11 is 0.512. The van der Waals surface area contributed by atoms with Gasteiger partial charge in [0, 0.05) is 0 Å². The predicted molar refractivity (Wildman–Crippen MR) is 37.3 cm³/mol. The van der Waals surface area contributed by atoms with Crippen LogP contribution in [0, 0.1) is 0 Å². The molecule has 0 nitrogen and oxygen atoms in total. The molecular weight excluding hydrogens is 147 g/mol. The molecule has 0 rings (SSSR count). The molecule has 1 unspecified atom stereocenters. The molecule has 0 saturated carbocycles. The van der Waals surface area contributed by atoms with E-state index in [1.165, 1.54) is 18.1 Å². The zero-order valence-electron chi connectivity index (χ0n) is 5.33. The van der Waals surface area contributed by atoms with Crippen LogP contribution in [-0.2, 0) is 0 Å². The summed E-state index contributed by atoms with van der Waals surface area (Å²) in [6.07, 6.45) is 2.87. The molecule has 0 aromatic heterocycles. The van der Waals surface area contributed by atoms with Crippen molar-refractivity contribution in [3.8, 4) is 0 Å². The minimum atomic E-state index is 0.512. The summed E-state index contributed by atoms with van der Waals surface area (Å²) in [4.78, 5) is 0. The molecule has 0 aliphatic rings. The molecule has 44 valence electrons. The Morgan fingerprint density at radius 3 is 2.43 bits per heavy atom. The van der Waals surface area contributed by atoms with Gasteiger partial charge in [-0.3, -0.25) is 0 Å². The molecule has 1 heteroatoms. The first kappa shape index (κ1) is 7.56. The van der Waals surface area contributed by atoms with Gasteiger partial charge in [0.15, 0.2) is 0 Å². The molecule has 0 heterocycles. The van der Waals surface area contributed by atoms with Crippen molar-refractivity contribution in [3.63, 3.8) is 0 Å². The summed E-state index contributed by atoms with van der Waals surface area (Å²) in [6.45, 7) is 4.57. The van der Waals surface area contributed by atoms with Gasteiger partial charge in [0.05, 0.1) is 0 Å². The van der Waals surface area contributed by atoms with Crippen LogP contribution < -0.4 is 0 Å². The van der Waals surface area contributed by atoms with Crippen LogP contribution in [-0.4, -0.2) is 15.8 Å². The summed E-state index contributed by atoms with van der Waals surface area (Å²) in [6, 6.07) is 0. The average molecular weight is 162 g/mol. The fourth-order valence-corrected chi connectivity index (χ4v) is 2.49. The molecule has 0 saturated heterocycles. The van der Waals surface area contributed by atoms with E-state index in [2.05, 4.69) is 13.8 Å². The molecule has 1 atom stereocenters. The fourth-order valence-electron chi connectivity index (χ4n) is 0.479. The maximum absolute atomic E-state index is 2.30. The van der Waals surface area contributed by atoms with Crippen molar-refractivity contribution in [2.24, 2.45) is 0 Å². The molecule has 0 aromatic carbocycles. The summed E-state index contributed by atoms with van der Waals surface area (Å²) in [5, 5.41) is 3.05. The second-order valence-corrected chi connectivity index (χ2v) is 5.29. The Labute approximate surface area is 53.4 Å². The maximum atomic E-state index is 2.30. The van der Waals surface area contributed by atoms with Crippen molar-refractivity contribution in [2.75, 3.05) is 0 Å². The quantitative estimate of drug-likeness (QED) is 0.438. The Morgan fingerprint density at radius 2 is 2.00 bits per heavy atom. The van der Waals surface area contributed by atoms with Crippen LogP contribution in [0.15, 0.2) is 0 Å². The number of unbranched alkanes of at least 4 members (excludes halogenated alkanes) is 1. The Balaban J connectivity index is 2.45. The third kappa shape index (κ3) is 6.56. The van der Waals surface area contributed by atoms with Gasteiger partial charge in [-0.1, -0.05) is 0 Å². The first-order chi connectivity index (χ1) is 3.41. The standard InChI is InChI=1S/C6H15As/c1-3-5-6-7-4-2/h7H,3-6H2,1-2H3. The Morgan fingerprint density at radius 1 is 1.29 bits per heavy atom. The van der Waals surface area contributed by atoms with E-state index in [0.717, 1.165) is 0 Å². The van der Waals surface area contributed by atoms with Crippen LogP contribution in [0.4, 0.5) is 0 Å². The summed E-state index contributed by atoms with van der Waals surface area (Å²) in [7, 11) is 0. The van der Waals surface area contributed by atoms with Crippen molar-refractivity contribution in [2.45, 2.75) is 37.1 Å². The number of hydrogen-bond acceptors (Lipinski definition) is 0. The van der Waals surface area contributed by atoms with Gasteiger partial charge in [-0.15, -0.1) is 0 Å². The third-order valence-corrected chi connectivity index (χ3v) is 3.49. The topological polar surface area (TPSA) is 0 Å². The molecule has 0 aliphatic heterocycles. The normalized spacial score (nSPS) is 11.1. The van der Waals surface area contributed by atoms with Gasteiger partial charge < -0.3 is 0 Å². The van der Waals surface area contributed by atoms with Crippen LogP contribution in [0.3, 0.4) is 0 Å². The zero-order chi connectivity index (χ0) is 5.54. The van der Waals surface area contributed by atoms with Crippen molar-refractivity contribution < 1.29 is 0 Å². The molecule has 0 aromatic rings. The number of rotatable bonds is 4. The molecule has 0 aliphatic carbocycles. The van der Waals surface area contributed by atoms with E-state index in [9.17, 15) is 0 Å². The van der Waals surface area contributed by atoms with Crippen molar-refractivity contribution in [3.05, 3.63) is 0 Å². The molecular formula is C6H15As. The third-order valence-electron chi connectivity index (χ3n) is 0.957. The molecule has 0 N–H and O–H groups in total. The molecule has 0 amide bonds. The van der Waals surface area contributed by atoms with Gasteiger partial charge in [-0.25, -0.2) is 0 Å². The van der Waals surface area contributed by atoms with E-state index in [1.807, 2.05) is 0 Å². The van der Waals surface area contributed by atoms with Crippen molar-refractivity contribution in [1.29, 1.82) is 0 Å². The van der Waals surface area contributed by atoms with Crippen LogP contribution >= 0.6 is 0 Å². The second kappa shape index (κ2) is 6.56. The van der Waals surface area contributed by atoms with E-state index in [1.54, 1.807) is 5.21 Å². The van der Waals surface area contributed by atoms with Crippen LogP contribution in [0.5, 0.6) is 0 Å². The van der Waals surface area contributed by atoms with E-state index in [-0.39, 0.29) is 0 Å². The fraction of sp³-hybridized carbons (Fsp3) is 1.00. The first-order valence-electron chi connectivity index (χ1n) is 3.12. The summed E-state index contributed by atoms with van der Waals surface area (Å²) in [5.74, 6) is 0. The van der Waals surface area contributed by atoms with E-state index < -0.39 is 0 Å². The van der Waals surface area contributed by atoms with Crippen LogP contribution in [0.2, 0.25) is 10.4 Å². The average Bonchev–Trinajstić information content (AvgIpc) is 1.69. The van der Waals surface area contributed by atoms with Gasteiger partial charge in [0.25, 0.3) is 0 Å². The van der Waals surface area contributed by atoms with Gasteiger partial charge in [-0.05, 0) is 0 Å². The van der Waals surface area contributed by atoms with Crippen LogP contribution in [0.1, 0.15) is 26.7 Å². The molecule has 0 spiro atoms. The first-order valence-corrected chi connectivity index (χ1v) is 6.09. The Bertz CT molecular complexity index is 23.4. The van der Waals surface area contributed by atoms with Gasteiger partial charge >= 0.3 is 52.9 Å². The monoisotopic (exact) mass is 162 g/mol. The van der Waals surface area contributed by atoms with Gasteiger partial charge in [0.2, 0.25) is 0 Å². The second-order valence-electron chi connectivity index (χ2n) is 1.71. The molecule has 0 fully saturated rings. The van der Waals surface area contributed by atoms with E-state index >= 15 is 0 Å². The SMILES string of the molecule is CCCC[AsH]CC. The van der Waals surface area contributed by atoms with Crippen LogP contribution in [0.25, 0.3) is 0 Å². The zero-order valence-corrected chi connectivity index (χ0v) is 7.43. The Kier molecular flexibility index (Phi) is 7.08. The van der Waals surface area contributed by atoms with E-state index in [4.69, 9.17) is 0 Å². The van der Waals surface area contributed by atoms with Gasteiger partial charge in [0.1, 0.15) is 0 Å². The molecule has 7 heavy (non-hydrogen) atoms. The van der Waals surface area contributed by atoms with E-state index in [0.29, 0.717) is 15.8 Å². The summed E-state index contributed by atoms with van der Waals surface area (Å²) < 4.78 is 0. The molecule has 0 radical (unpaired) electrons. The minimum absolute atomic E-state index is 0.512. The number of hydrogen-bond donors (Lipinski definition) is 0.